The van der Waals surface area contributed by atoms with Gasteiger partial charge in [0.05, 0.1) is 0 Å². The summed E-state index contributed by atoms with van der Waals surface area (Å²) in [4.78, 5) is 71.3. The van der Waals surface area contributed by atoms with Gasteiger partial charge in [-0.3, -0.25) is 28.8 Å². The Balaban J connectivity index is 2.21. The van der Waals surface area contributed by atoms with E-state index in [0.717, 1.165) is 36.5 Å². The van der Waals surface area contributed by atoms with Crippen molar-refractivity contribution in [3.8, 4) is 0 Å². The Labute approximate surface area is 127 Å². The van der Waals surface area contributed by atoms with Crippen molar-refractivity contribution in [1.29, 1.82) is 0 Å². The minimum absolute atomic E-state index is 0.0819. The van der Waals surface area contributed by atoms with Gasteiger partial charge in [0, 0.05) is 36.5 Å². The lowest BCUT2D eigenvalue weighted by atomic mass is 10.6. The fraction of sp³-hybridized carbons (Fsp3) is 0. The number of rotatable bonds is 3. The van der Waals surface area contributed by atoms with Gasteiger partial charge < -0.3 is 0 Å². The Kier molecular flexibility index (Phi) is 3.01. The third-order valence-electron chi connectivity index (χ3n) is 3.14. The normalized spacial score (nSPS) is 21.0. The second kappa shape index (κ2) is 4.68. The monoisotopic (exact) mass is 335 g/mol. The third-order valence-corrected chi connectivity index (χ3v) is 5.89. The molecule has 3 aliphatic heterocycles. The summed E-state index contributed by atoms with van der Waals surface area (Å²) in [5.41, 5.74) is 0. The summed E-state index contributed by atoms with van der Waals surface area (Å²) in [6.07, 6.45) is 4.54. The number of carbonyl (C=O) groups is 6. The highest BCUT2D eigenvalue weighted by atomic mass is 31.2. The van der Waals surface area contributed by atoms with Crippen molar-refractivity contribution in [2.75, 3.05) is 0 Å². The first-order valence-electron chi connectivity index (χ1n) is 6.08. The van der Waals surface area contributed by atoms with E-state index in [1.54, 1.807) is 0 Å². The summed E-state index contributed by atoms with van der Waals surface area (Å²) in [5, 5.41) is 0. The molecule has 0 N–H and O–H groups in total. The zero-order chi connectivity index (χ0) is 16.9. The summed E-state index contributed by atoms with van der Waals surface area (Å²) in [7, 11) is -4.98. The number of carbonyl (C=O) groups excluding carboxylic acids is 6. The van der Waals surface area contributed by atoms with Crippen molar-refractivity contribution in [2.24, 2.45) is 0 Å². The molecule has 0 radical (unpaired) electrons. The lowest BCUT2D eigenvalue weighted by Crippen LogP contribution is -2.47. The van der Waals surface area contributed by atoms with E-state index in [1.165, 1.54) is 0 Å². The van der Waals surface area contributed by atoms with Crippen molar-refractivity contribution >= 4 is 43.0 Å². The van der Waals surface area contributed by atoms with E-state index in [4.69, 9.17) is 0 Å². The SMILES string of the molecule is O=C1C=CC(=O)N1P(=O)(N1C(=O)C=CC1=O)N1C(=O)C=CC1=O. The maximum Gasteiger partial charge on any atom is 0.388 e. The van der Waals surface area contributed by atoms with Crippen LogP contribution < -0.4 is 0 Å². The van der Waals surface area contributed by atoms with Crippen LogP contribution in [-0.2, 0) is 33.3 Å². The molecule has 0 spiro atoms. The van der Waals surface area contributed by atoms with Crippen LogP contribution in [-0.4, -0.2) is 49.5 Å². The van der Waals surface area contributed by atoms with Crippen molar-refractivity contribution in [1.82, 2.24) is 14.0 Å². The smallest absolute Gasteiger partial charge is 0.269 e. The molecule has 116 valence electrons. The first-order chi connectivity index (χ1) is 10.8. The minimum Gasteiger partial charge on any atom is -0.269 e. The molecule has 23 heavy (non-hydrogen) atoms. The number of hydrogen-bond donors (Lipinski definition) is 0. The van der Waals surface area contributed by atoms with E-state index in [0.29, 0.717) is 0 Å². The Bertz CT molecular complexity index is 689. The molecule has 0 atom stereocenters. The second-order valence-corrected chi connectivity index (χ2v) is 6.70. The fourth-order valence-electron chi connectivity index (χ4n) is 2.22. The molecular weight excluding hydrogens is 329 g/mol. The van der Waals surface area contributed by atoms with Crippen LogP contribution in [0.15, 0.2) is 36.5 Å². The summed E-state index contributed by atoms with van der Waals surface area (Å²) in [5.74, 6) is -6.68. The molecular formula is C12H6N3O7P. The average molecular weight is 335 g/mol. The summed E-state index contributed by atoms with van der Waals surface area (Å²) >= 11 is 0. The van der Waals surface area contributed by atoms with Crippen LogP contribution in [0, 0.1) is 0 Å². The molecule has 0 unspecified atom stereocenters. The Hall–Kier alpha value is -3.13. The van der Waals surface area contributed by atoms with Crippen molar-refractivity contribution in [3.05, 3.63) is 36.5 Å². The Morgan fingerprint density at radius 1 is 0.478 bits per heavy atom. The average Bonchev–Trinajstić information content (AvgIpc) is 3.10. The fourth-order valence-corrected chi connectivity index (χ4v) is 4.69. The van der Waals surface area contributed by atoms with Crippen LogP contribution in [0.4, 0.5) is 0 Å². The molecule has 0 aromatic rings. The van der Waals surface area contributed by atoms with Crippen molar-refractivity contribution < 1.29 is 33.3 Å². The largest absolute Gasteiger partial charge is 0.388 e. The Morgan fingerprint density at radius 3 is 0.826 bits per heavy atom. The molecule has 0 fully saturated rings. The predicted octanol–water partition coefficient (Wildman–Crippen LogP) is -1.13. The summed E-state index contributed by atoms with van der Waals surface area (Å²) in [6, 6.07) is 0. The number of amides is 6. The lowest BCUT2D eigenvalue weighted by molar-refractivity contribution is -0.134. The number of hydrogen-bond acceptors (Lipinski definition) is 7. The highest BCUT2D eigenvalue weighted by Gasteiger charge is 2.58. The quantitative estimate of drug-likeness (QED) is 0.471. The summed E-state index contributed by atoms with van der Waals surface area (Å²) in [6.45, 7) is 0. The van der Waals surface area contributed by atoms with Crippen LogP contribution in [0.3, 0.4) is 0 Å². The zero-order valence-corrected chi connectivity index (χ0v) is 12.0. The molecule has 3 heterocycles. The van der Waals surface area contributed by atoms with Gasteiger partial charge in [0.15, 0.2) is 0 Å². The number of nitrogens with zero attached hydrogens (tertiary/aromatic N) is 3. The van der Waals surface area contributed by atoms with Gasteiger partial charge in [0.1, 0.15) is 0 Å². The van der Waals surface area contributed by atoms with E-state index in [-0.39, 0.29) is 14.0 Å². The van der Waals surface area contributed by atoms with Gasteiger partial charge in [-0.1, -0.05) is 0 Å². The lowest BCUT2D eigenvalue weighted by Gasteiger charge is -2.36. The molecule has 3 aliphatic rings. The van der Waals surface area contributed by atoms with Gasteiger partial charge in [0.2, 0.25) is 0 Å². The van der Waals surface area contributed by atoms with E-state index >= 15 is 0 Å². The van der Waals surface area contributed by atoms with E-state index in [9.17, 15) is 33.3 Å². The molecule has 3 rings (SSSR count). The van der Waals surface area contributed by atoms with Crippen molar-refractivity contribution in [3.63, 3.8) is 0 Å². The van der Waals surface area contributed by atoms with E-state index < -0.39 is 43.0 Å². The minimum atomic E-state index is -4.98. The highest BCUT2D eigenvalue weighted by molar-refractivity contribution is 7.61. The first kappa shape index (κ1) is 14.8. The van der Waals surface area contributed by atoms with Gasteiger partial charge >= 0.3 is 7.59 Å². The molecule has 11 heteroatoms. The summed E-state index contributed by atoms with van der Waals surface area (Å²) < 4.78 is 13.7. The molecule has 10 nitrogen and oxygen atoms in total. The standard InChI is InChI=1S/C12H6N3O7P/c16-7-1-2-8(17)13(7)23(22,14-9(18)3-4-10(14)19)15-11(20)5-6-12(15)21/h1-6H. The predicted molar refractivity (Wildman–Crippen MR) is 70.6 cm³/mol. The molecule has 0 saturated heterocycles. The Morgan fingerprint density at radius 2 is 0.652 bits per heavy atom. The van der Waals surface area contributed by atoms with Gasteiger partial charge in [0.25, 0.3) is 35.4 Å². The second-order valence-electron chi connectivity index (χ2n) is 4.48. The molecule has 0 aliphatic carbocycles. The van der Waals surface area contributed by atoms with Crippen LogP contribution in [0.25, 0.3) is 0 Å². The maximum atomic E-state index is 13.4. The zero-order valence-electron chi connectivity index (χ0n) is 11.1. The van der Waals surface area contributed by atoms with Crippen molar-refractivity contribution in [2.45, 2.75) is 0 Å². The van der Waals surface area contributed by atoms with Crippen LogP contribution >= 0.6 is 7.59 Å². The molecule has 6 amide bonds. The van der Waals surface area contributed by atoms with Gasteiger partial charge in [-0.25, -0.2) is 4.57 Å². The number of imide groups is 3. The molecule has 0 aromatic carbocycles. The highest BCUT2D eigenvalue weighted by Crippen LogP contribution is 2.59. The molecule has 0 bridgehead atoms. The molecule has 0 aromatic heterocycles. The van der Waals surface area contributed by atoms with Crippen LogP contribution in [0.1, 0.15) is 0 Å². The van der Waals surface area contributed by atoms with Crippen LogP contribution in [0.5, 0.6) is 0 Å². The third kappa shape index (κ3) is 1.85. The maximum absolute atomic E-state index is 13.4. The van der Waals surface area contributed by atoms with E-state index in [2.05, 4.69) is 0 Å². The van der Waals surface area contributed by atoms with Gasteiger partial charge in [-0.15, -0.1) is 0 Å². The molecule has 0 saturated carbocycles. The van der Waals surface area contributed by atoms with Crippen LogP contribution in [0.2, 0.25) is 0 Å². The van der Waals surface area contributed by atoms with Gasteiger partial charge in [-0.2, -0.15) is 14.0 Å². The first-order valence-corrected chi connectivity index (χ1v) is 7.65. The van der Waals surface area contributed by atoms with E-state index in [1.807, 2.05) is 0 Å². The topological polar surface area (TPSA) is 129 Å². The van der Waals surface area contributed by atoms with Gasteiger partial charge in [-0.05, 0) is 0 Å².